The minimum Gasteiger partial charge on any atom is -0.345 e. The molecule has 0 atom stereocenters. The van der Waals surface area contributed by atoms with Crippen LogP contribution in [0.3, 0.4) is 0 Å². The molecule has 27 heavy (non-hydrogen) atoms. The van der Waals surface area contributed by atoms with Crippen LogP contribution in [0.1, 0.15) is 35.2 Å². The molecule has 1 aromatic heterocycles. The number of pyridine rings is 1. The Hall–Kier alpha value is -2.69. The van der Waals surface area contributed by atoms with Crippen LogP contribution in [0.25, 0.3) is 11.1 Å². The second-order valence-electron chi connectivity index (χ2n) is 7.88. The second kappa shape index (κ2) is 6.80. The average Bonchev–Trinajstić information content (AvgIpc) is 2.97. The first-order chi connectivity index (χ1) is 13.0. The third-order valence-corrected chi connectivity index (χ3v) is 6.10. The first kappa shape index (κ1) is 17.7. The number of benzene rings is 1. The summed E-state index contributed by atoms with van der Waals surface area (Å²) >= 11 is 0. The van der Waals surface area contributed by atoms with Crippen LogP contribution in [0.5, 0.6) is 0 Å². The summed E-state index contributed by atoms with van der Waals surface area (Å²) in [6.45, 7) is 4.15. The number of hydrogen-bond acceptors (Lipinski definition) is 3. The van der Waals surface area contributed by atoms with Gasteiger partial charge in [0.15, 0.2) is 0 Å². The van der Waals surface area contributed by atoms with E-state index in [0.29, 0.717) is 18.7 Å². The van der Waals surface area contributed by atoms with Crippen LogP contribution in [0.4, 0.5) is 0 Å². The summed E-state index contributed by atoms with van der Waals surface area (Å²) in [7, 11) is 1.87. The largest absolute Gasteiger partial charge is 0.345 e. The van der Waals surface area contributed by atoms with Crippen LogP contribution in [0.15, 0.2) is 42.7 Å². The first-order valence-corrected chi connectivity index (χ1v) is 9.55. The zero-order valence-corrected chi connectivity index (χ0v) is 15.9. The van der Waals surface area contributed by atoms with Crippen LogP contribution >= 0.6 is 0 Å². The smallest absolute Gasteiger partial charge is 0.255 e. The maximum Gasteiger partial charge on any atom is 0.255 e. The van der Waals surface area contributed by atoms with Gasteiger partial charge >= 0.3 is 0 Å². The number of amides is 2. The molecule has 1 spiro atoms. The topological polar surface area (TPSA) is 53.5 Å². The van der Waals surface area contributed by atoms with Crippen molar-refractivity contribution >= 4 is 11.8 Å². The van der Waals surface area contributed by atoms with Gasteiger partial charge in [-0.2, -0.15) is 0 Å². The van der Waals surface area contributed by atoms with E-state index >= 15 is 0 Å². The summed E-state index contributed by atoms with van der Waals surface area (Å²) in [5.74, 6) is 0.253. The van der Waals surface area contributed by atoms with Gasteiger partial charge in [0.25, 0.3) is 5.91 Å². The van der Waals surface area contributed by atoms with Gasteiger partial charge in [0.05, 0.1) is 11.0 Å². The molecule has 140 valence electrons. The normalized spacial score (nSPS) is 19.0. The standard InChI is InChI=1S/C22H25N3O2/c1-16-3-5-17(6-4-16)18-13-19(15-23-14-18)20(26)25-11-8-22(9-12-25)7-10-24(2)21(22)27/h3-6,13-15H,7-12H2,1-2H3. The fourth-order valence-corrected chi connectivity index (χ4v) is 4.24. The van der Waals surface area contributed by atoms with Crippen molar-refractivity contribution in [2.24, 2.45) is 5.41 Å². The maximum absolute atomic E-state index is 13.0. The molecule has 4 rings (SSSR count). The van der Waals surface area contributed by atoms with E-state index in [2.05, 4.69) is 24.0 Å². The van der Waals surface area contributed by atoms with Crippen molar-refractivity contribution in [1.82, 2.24) is 14.8 Å². The molecule has 2 aliphatic heterocycles. The Bertz CT molecular complexity index is 867. The molecule has 0 radical (unpaired) electrons. The summed E-state index contributed by atoms with van der Waals surface area (Å²) < 4.78 is 0. The lowest BCUT2D eigenvalue weighted by atomic mass is 9.77. The molecule has 0 aliphatic carbocycles. The Kier molecular flexibility index (Phi) is 4.46. The van der Waals surface area contributed by atoms with Crippen molar-refractivity contribution in [2.75, 3.05) is 26.7 Å². The number of piperidine rings is 1. The number of nitrogens with zero attached hydrogens (tertiary/aromatic N) is 3. The highest BCUT2D eigenvalue weighted by Crippen LogP contribution is 2.41. The summed E-state index contributed by atoms with van der Waals surface area (Å²) in [6.07, 6.45) is 5.85. The summed E-state index contributed by atoms with van der Waals surface area (Å²) in [5.41, 5.74) is 3.57. The Labute approximate surface area is 160 Å². The van der Waals surface area contributed by atoms with Crippen molar-refractivity contribution in [2.45, 2.75) is 26.2 Å². The number of rotatable bonds is 2. The number of carbonyl (C=O) groups excluding carboxylic acids is 2. The van der Waals surface area contributed by atoms with E-state index in [9.17, 15) is 9.59 Å². The lowest BCUT2D eigenvalue weighted by molar-refractivity contribution is -0.137. The fraction of sp³-hybridized carbons (Fsp3) is 0.409. The maximum atomic E-state index is 13.0. The molecule has 2 fully saturated rings. The highest BCUT2D eigenvalue weighted by molar-refractivity contribution is 5.95. The number of carbonyl (C=O) groups is 2. The Morgan fingerprint density at radius 1 is 1.00 bits per heavy atom. The molecule has 0 N–H and O–H groups in total. The van der Waals surface area contributed by atoms with Crippen LogP contribution in [0.2, 0.25) is 0 Å². The van der Waals surface area contributed by atoms with Crippen molar-refractivity contribution in [3.05, 3.63) is 53.9 Å². The third-order valence-electron chi connectivity index (χ3n) is 6.10. The molecule has 2 amide bonds. The molecule has 0 bridgehead atoms. The quantitative estimate of drug-likeness (QED) is 0.824. The molecule has 2 saturated heterocycles. The van der Waals surface area contributed by atoms with Crippen LogP contribution in [-0.4, -0.2) is 53.3 Å². The van der Waals surface area contributed by atoms with E-state index in [0.717, 1.165) is 36.9 Å². The van der Waals surface area contributed by atoms with E-state index in [-0.39, 0.29) is 17.2 Å². The molecular weight excluding hydrogens is 338 g/mol. The van der Waals surface area contributed by atoms with Gasteiger partial charge in [-0.3, -0.25) is 14.6 Å². The first-order valence-electron chi connectivity index (χ1n) is 9.55. The number of aryl methyl sites for hydroxylation is 1. The highest BCUT2D eigenvalue weighted by atomic mass is 16.2. The number of hydrogen-bond donors (Lipinski definition) is 0. The van der Waals surface area contributed by atoms with Crippen molar-refractivity contribution in [3.63, 3.8) is 0 Å². The van der Waals surface area contributed by atoms with Crippen molar-refractivity contribution in [1.29, 1.82) is 0 Å². The fourth-order valence-electron chi connectivity index (χ4n) is 4.24. The average molecular weight is 363 g/mol. The van der Waals surface area contributed by atoms with Gasteiger partial charge in [-0.15, -0.1) is 0 Å². The molecule has 1 aromatic carbocycles. The van der Waals surface area contributed by atoms with E-state index in [4.69, 9.17) is 0 Å². The van der Waals surface area contributed by atoms with Crippen LogP contribution in [-0.2, 0) is 4.79 Å². The lowest BCUT2D eigenvalue weighted by Gasteiger charge is -2.37. The predicted molar refractivity (Wildman–Crippen MR) is 104 cm³/mol. The van der Waals surface area contributed by atoms with Gasteiger partial charge in [0.1, 0.15) is 0 Å². The third kappa shape index (κ3) is 3.22. The Balaban J connectivity index is 1.48. The second-order valence-corrected chi connectivity index (χ2v) is 7.88. The zero-order valence-electron chi connectivity index (χ0n) is 15.9. The molecule has 3 heterocycles. The zero-order chi connectivity index (χ0) is 19.0. The molecule has 5 heteroatoms. The molecular formula is C22H25N3O2. The minimum absolute atomic E-state index is 0.00473. The molecule has 5 nitrogen and oxygen atoms in total. The monoisotopic (exact) mass is 363 g/mol. The Morgan fingerprint density at radius 2 is 1.67 bits per heavy atom. The van der Waals surface area contributed by atoms with E-state index < -0.39 is 0 Å². The SMILES string of the molecule is Cc1ccc(-c2cncc(C(=O)N3CCC4(CCN(C)C4=O)CC3)c2)cc1. The molecule has 2 aliphatic rings. The van der Waals surface area contributed by atoms with Gasteiger partial charge in [0.2, 0.25) is 5.91 Å². The predicted octanol–water partition coefficient (Wildman–Crippen LogP) is 3.14. The lowest BCUT2D eigenvalue weighted by Crippen LogP contribution is -2.46. The van der Waals surface area contributed by atoms with E-state index in [1.54, 1.807) is 12.4 Å². The number of likely N-dealkylation sites (tertiary alicyclic amines) is 2. The van der Waals surface area contributed by atoms with Crippen LogP contribution in [0, 0.1) is 12.3 Å². The molecule has 2 aromatic rings. The molecule has 0 unspecified atom stereocenters. The summed E-state index contributed by atoms with van der Waals surface area (Å²) in [5, 5.41) is 0. The van der Waals surface area contributed by atoms with Crippen molar-refractivity contribution < 1.29 is 9.59 Å². The van der Waals surface area contributed by atoms with Gasteiger partial charge < -0.3 is 9.80 Å². The number of aromatic nitrogens is 1. The van der Waals surface area contributed by atoms with Crippen molar-refractivity contribution in [3.8, 4) is 11.1 Å². The van der Waals surface area contributed by atoms with Gasteiger partial charge in [0, 0.05) is 44.6 Å². The summed E-state index contributed by atoms with van der Waals surface area (Å²) in [4.78, 5) is 33.4. The molecule has 0 saturated carbocycles. The Morgan fingerprint density at radius 3 is 2.30 bits per heavy atom. The van der Waals surface area contributed by atoms with Gasteiger partial charge in [-0.25, -0.2) is 0 Å². The van der Waals surface area contributed by atoms with E-state index in [1.165, 1.54) is 5.56 Å². The van der Waals surface area contributed by atoms with Crippen LogP contribution < -0.4 is 0 Å². The van der Waals surface area contributed by atoms with E-state index in [1.807, 2.05) is 35.0 Å². The summed E-state index contributed by atoms with van der Waals surface area (Å²) in [6, 6.07) is 10.1. The highest BCUT2D eigenvalue weighted by Gasteiger charge is 2.47. The minimum atomic E-state index is -0.243. The van der Waals surface area contributed by atoms with Gasteiger partial charge in [-0.05, 0) is 37.8 Å². The van der Waals surface area contributed by atoms with Gasteiger partial charge in [-0.1, -0.05) is 29.8 Å².